The molecule has 3 nitrogen and oxygen atoms in total. The molecule has 0 rings (SSSR count). The van der Waals surface area contributed by atoms with E-state index < -0.39 is 0 Å². The highest BCUT2D eigenvalue weighted by atomic mass is 16.1. The molecule has 11 heavy (non-hydrogen) atoms. The molecule has 0 aliphatic rings. The standard InChI is InChI=1S/C8H16N2O/c1-6(2)3-4-7(9)5-8(10)11/h3-4,6-7H,5,9H2,1-2H3,(H2,10,11)/b4-3+. The molecule has 0 fully saturated rings. The van der Waals surface area contributed by atoms with Crippen molar-refractivity contribution >= 4 is 5.91 Å². The van der Waals surface area contributed by atoms with E-state index in [4.69, 9.17) is 11.5 Å². The third-order valence-corrected chi connectivity index (χ3v) is 1.18. The first kappa shape index (κ1) is 10.2. The maximum atomic E-state index is 10.4. The second kappa shape index (κ2) is 4.91. The molecule has 0 spiro atoms. The van der Waals surface area contributed by atoms with Gasteiger partial charge in [-0.1, -0.05) is 26.0 Å². The summed E-state index contributed by atoms with van der Waals surface area (Å²) in [4.78, 5) is 10.4. The van der Waals surface area contributed by atoms with Gasteiger partial charge in [-0.25, -0.2) is 0 Å². The van der Waals surface area contributed by atoms with Crippen molar-refractivity contribution in [1.82, 2.24) is 0 Å². The minimum absolute atomic E-state index is 0.225. The SMILES string of the molecule is CC(C)/C=C/C(N)CC(N)=O. The number of hydrogen-bond acceptors (Lipinski definition) is 2. The zero-order chi connectivity index (χ0) is 8.85. The van der Waals surface area contributed by atoms with Gasteiger partial charge in [-0.3, -0.25) is 4.79 Å². The minimum atomic E-state index is -0.356. The number of nitrogens with two attached hydrogens (primary N) is 2. The average Bonchev–Trinajstić information content (AvgIpc) is 1.82. The van der Waals surface area contributed by atoms with Gasteiger partial charge in [0.2, 0.25) is 5.91 Å². The Morgan fingerprint density at radius 1 is 1.45 bits per heavy atom. The van der Waals surface area contributed by atoms with Crippen molar-refractivity contribution in [2.75, 3.05) is 0 Å². The van der Waals surface area contributed by atoms with Crippen LogP contribution in [0, 0.1) is 5.92 Å². The second-order valence-corrected chi connectivity index (χ2v) is 2.96. The predicted octanol–water partition coefficient (Wildman–Crippen LogP) is 0.401. The van der Waals surface area contributed by atoms with Crippen molar-refractivity contribution in [3.63, 3.8) is 0 Å². The van der Waals surface area contributed by atoms with Gasteiger partial charge in [0.1, 0.15) is 0 Å². The van der Waals surface area contributed by atoms with Crippen molar-refractivity contribution in [2.45, 2.75) is 26.3 Å². The van der Waals surface area contributed by atoms with Crippen LogP contribution in [0.5, 0.6) is 0 Å². The van der Waals surface area contributed by atoms with Crippen LogP contribution in [0.4, 0.5) is 0 Å². The molecule has 1 atom stereocenters. The normalized spacial score (nSPS) is 14.2. The Morgan fingerprint density at radius 3 is 2.36 bits per heavy atom. The summed E-state index contributed by atoms with van der Waals surface area (Å²) in [6.07, 6.45) is 4.01. The number of rotatable bonds is 4. The lowest BCUT2D eigenvalue weighted by Gasteiger charge is -2.02. The summed E-state index contributed by atoms with van der Waals surface area (Å²) in [6, 6.07) is -0.227. The zero-order valence-electron chi connectivity index (χ0n) is 7.08. The Morgan fingerprint density at radius 2 is 2.00 bits per heavy atom. The Balaban J connectivity index is 3.68. The van der Waals surface area contributed by atoms with E-state index in [1.165, 1.54) is 0 Å². The van der Waals surface area contributed by atoms with Crippen LogP contribution in [0.15, 0.2) is 12.2 Å². The third kappa shape index (κ3) is 7.06. The lowest BCUT2D eigenvalue weighted by atomic mass is 10.1. The number of carbonyl (C=O) groups is 1. The Bertz CT molecular complexity index is 152. The quantitative estimate of drug-likeness (QED) is 0.578. The molecule has 0 heterocycles. The van der Waals surface area contributed by atoms with Crippen molar-refractivity contribution in [2.24, 2.45) is 17.4 Å². The van der Waals surface area contributed by atoms with Gasteiger partial charge in [-0.15, -0.1) is 0 Å². The maximum Gasteiger partial charge on any atom is 0.219 e. The fourth-order valence-corrected chi connectivity index (χ4v) is 0.665. The summed E-state index contributed by atoms with van der Waals surface area (Å²) in [5.74, 6) is 0.111. The van der Waals surface area contributed by atoms with Gasteiger partial charge in [0.25, 0.3) is 0 Å². The van der Waals surface area contributed by atoms with Crippen LogP contribution in [-0.4, -0.2) is 11.9 Å². The Kier molecular flexibility index (Phi) is 4.54. The Labute approximate surface area is 67.4 Å². The summed E-state index contributed by atoms with van der Waals surface area (Å²) >= 11 is 0. The fourth-order valence-electron chi connectivity index (χ4n) is 0.665. The molecule has 0 bridgehead atoms. The van der Waals surface area contributed by atoms with Crippen LogP contribution >= 0.6 is 0 Å². The first-order valence-corrected chi connectivity index (χ1v) is 3.74. The van der Waals surface area contributed by atoms with E-state index in [1.807, 2.05) is 26.0 Å². The number of hydrogen-bond donors (Lipinski definition) is 2. The van der Waals surface area contributed by atoms with Gasteiger partial charge < -0.3 is 11.5 Å². The summed E-state index contributed by atoms with van der Waals surface area (Å²) in [6.45, 7) is 4.10. The molecule has 0 aliphatic carbocycles. The Hall–Kier alpha value is -0.830. The lowest BCUT2D eigenvalue weighted by molar-refractivity contribution is -0.118. The molecule has 0 aromatic heterocycles. The van der Waals surface area contributed by atoms with Gasteiger partial charge in [-0.05, 0) is 5.92 Å². The molecule has 0 saturated carbocycles. The van der Waals surface area contributed by atoms with Crippen LogP contribution in [0.1, 0.15) is 20.3 Å². The van der Waals surface area contributed by atoms with Crippen molar-refractivity contribution in [3.8, 4) is 0 Å². The molecule has 0 aliphatic heterocycles. The van der Waals surface area contributed by atoms with Crippen LogP contribution in [0.3, 0.4) is 0 Å². The topological polar surface area (TPSA) is 69.1 Å². The lowest BCUT2D eigenvalue weighted by Crippen LogP contribution is -2.25. The number of amides is 1. The fraction of sp³-hybridized carbons (Fsp3) is 0.625. The highest BCUT2D eigenvalue weighted by Gasteiger charge is 2.01. The van der Waals surface area contributed by atoms with Crippen molar-refractivity contribution in [1.29, 1.82) is 0 Å². The van der Waals surface area contributed by atoms with E-state index in [1.54, 1.807) is 0 Å². The molecule has 1 unspecified atom stereocenters. The zero-order valence-corrected chi connectivity index (χ0v) is 7.08. The monoisotopic (exact) mass is 156 g/mol. The summed E-state index contributed by atoms with van der Waals surface area (Å²) in [5, 5.41) is 0. The van der Waals surface area contributed by atoms with Crippen LogP contribution in [0.2, 0.25) is 0 Å². The first-order chi connectivity index (χ1) is 5.02. The second-order valence-electron chi connectivity index (χ2n) is 2.96. The first-order valence-electron chi connectivity index (χ1n) is 3.74. The third-order valence-electron chi connectivity index (χ3n) is 1.18. The van der Waals surface area contributed by atoms with E-state index in [-0.39, 0.29) is 18.4 Å². The smallest absolute Gasteiger partial charge is 0.219 e. The molecule has 1 amide bonds. The highest BCUT2D eigenvalue weighted by molar-refractivity contribution is 5.74. The van der Waals surface area contributed by atoms with Crippen LogP contribution < -0.4 is 11.5 Å². The van der Waals surface area contributed by atoms with Gasteiger partial charge >= 0.3 is 0 Å². The summed E-state index contributed by atoms with van der Waals surface area (Å²) < 4.78 is 0. The van der Waals surface area contributed by atoms with E-state index in [9.17, 15) is 4.79 Å². The van der Waals surface area contributed by atoms with E-state index in [2.05, 4.69) is 0 Å². The molecule has 0 aromatic rings. The molecule has 3 heteroatoms. The molecular weight excluding hydrogens is 140 g/mol. The summed E-state index contributed by atoms with van der Waals surface area (Å²) in [7, 11) is 0. The molecule has 0 radical (unpaired) electrons. The number of primary amides is 1. The van der Waals surface area contributed by atoms with E-state index in [0.29, 0.717) is 5.92 Å². The van der Waals surface area contributed by atoms with Gasteiger partial charge in [0.05, 0.1) is 0 Å². The maximum absolute atomic E-state index is 10.4. The summed E-state index contributed by atoms with van der Waals surface area (Å²) in [5.41, 5.74) is 10.5. The van der Waals surface area contributed by atoms with Gasteiger partial charge in [0, 0.05) is 12.5 Å². The molecule has 4 N–H and O–H groups in total. The largest absolute Gasteiger partial charge is 0.370 e. The van der Waals surface area contributed by atoms with Crippen molar-refractivity contribution in [3.05, 3.63) is 12.2 Å². The molecule has 0 saturated heterocycles. The van der Waals surface area contributed by atoms with Crippen LogP contribution in [-0.2, 0) is 4.79 Å². The van der Waals surface area contributed by atoms with Crippen LogP contribution in [0.25, 0.3) is 0 Å². The van der Waals surface area contributed by atoms with E-state index in [0.717, 1.165) is 0 Å². The molecular formula is C8H16N2O. The number of carbonyl (C=O) groups excluding carboxylic acids is 1. The minimum Gasteiger partial charge on any atom is -0.370 e. The molecule has 0 aromatic carbocycles. The number of allylic oxidation sites excluding steroid dienone is 1. The van der Waals surface area contributed by atoms with Gasteiger partial charge in [-0.2, -0.15) is 0 Å². The van der Waals surface area contributed by atoms with E-state index >= 15 is 0 Å². The average molecular weight is 156 g/mol. The molecule has 64 valence electrons. The van der Waals surface area contributed by atoms with Crippen molar-refractivity contribution < 1.29 is 4.79 Å². The van der Waals surface area contributed by atoms with Gasteiger partial charge in [0.15, 0.2) is 0 Å². The highest BCUT2D eigenvalue weighted by Crippen LogP contribution is 1.96. The predicted molar refractivity (Wildman–Crippen MR) is 45.8 cm³/mol.